The van der Waals surface area contributed by atoms with Crippen LogP contribution in [0.4, 0.5) is 5.69 Å². The molecule has 0 radical (unpaired) electrons. The molecule has 0 unspecified atom stereocenters. The zero-order chi connectivity index (χ0) is 33.0. The molecule has 0 saturated heterocycles. The maximum atomic E-state index is 10.6. The molecule has 0 aromatic heterocycles. The second-order valence-corrected chi connectivity index (χ2v) is 10.7. The smallest absolute Gasteiger partial charge is 0.269 e. The Labute approximate surface area is 276 Å². The van der Waals surface area contributed by atoms with Gasteiger partial charge in [-0.3, -0.25) is 10.1 Å². The fourth-order valence-corrected chi connectivity index (χ4v) is 4.22. The molecule has 0 spiro atoms. The Morgan fingerprint density at radius 3 is 1.09 bits per heavy atom. The largest absolute Gasteiger partial charge is 0.491 e. The average Bonchev–Trinajstić information content (AvgIpc) is 3.06. The van der Waals surface area contributed by atoms with Crippen LogP contribution < -0.4 is 4.74 Å². The van der Waals surface area contributed by atoms with Crippen molar-refractivity contribution in [3.63, 3.8) is 0 Å². The van der Waals surface area contributed by atoms with Gasteiger partial charge in [0.2, 0.25) is 0 Å². The first-order valence-corrected chi connectivity index (χ1v) is 17.2. The lowest BCUT2D eigenvalue weighted by Crippen LogP contribution is -2.15. The number of nitro groups is 1. The van der Waals surface area contributed by atoms with Crippen LogP contribution in [0.3, 0.4) is 0 Å². The van der Waals surface area contributed by atoms with Crippen molar-refractivity contribution in [3.8, 4) is 5.75 Å². The highest BCUT2D eigenvalue weighted by molar-refractivity contribution is 5.35. The standard InChI is InChI=1S/C34H61NO11/c1-2-3-4-5-6-7-8-9-10-11-16-38-17-18-39-19-20-40-21-22-41-23-24-42-25-26-43-27-28-44-29-30-45-31-32-46-34-14-12-33(13-15-34)35(36)37/h12-15H,2-11,16-32H2,1H3. The van der Waals surface area contributed by atoms with E-state index in [1.807, 2.05) is 0 Å². The molecule has 268 valence electrons. The number of hydrogen-bond donors (Lipinski definition) is 0. The number of ether oxygens (including phenoxy) is 9. The van der Waals surface area contributed by atoms with E-state index in [0.29, 0.717) is 111 Å². The molecule has 0 N–H and O–H groups in total. The summed E-state index contributed by atoms with van der Waals surface area (Å²) in [4.78, 5) is 10.2. The molecule has 0 saturated carbocycles. The number of benzene rings is 1. The Balaban J connectivity index is 1.65. The number of nitrogens with zero attached hydrogens (tertiary/aromatic N) is 1. The number of nitro benzene ring substituents is 1. The summed E-state index contributed by atoms with van der Waals surface area (Å²) in [7, 11) is 0. The fraction of sp³-hybridized carbons (Fsp3) is 0.824. The Hall–Kier alpha value is -1.90. The Kier molecular flexibility index (Phi) is 31.5. The molecule has 0 aliphatic rings. The van der Waals surface area contributed by atoms with Gasteiger partial charge < -0.3 is 42.6 Å². The molecular formula is C34H61NO11. The predicted octanol–water partition coefficient (Wildman–Crippen LogP) is 6.03. The third-order valence-corrected chi connectivity index (χ3v) is 6.79. The van der Waals surface area contributed by atoms with Gasteiger partial charge in [-0.1, -0.05) is 64.7 Å². The monoisotopic (exact) mass is 659 g/mol. The number of hydrogen-bond acceptors (Lipinski definition) is 11. The predicted molar refractivity (Wildman–Crippen MR) is 177 cm³/mol. The molecule has 0 atom stereocenters. The summed E-state index contributed by atoms with van der Waals surface area (Å²) in [6.45, 7) is 11.1. The van der Waals surface area contributed by atoms with Crippen LogP contribution in [0.2, 0.25) is 0 Å². The summed E-state index contributed by atoms with van der Waals surface area (Å²) >= 11 is 0. The van der Waals surface area contributed by atoms with Crippen LogP contribution in [-0.2, 0) is 37.9 Å². The highest BCUT2D eigenvalue weighted by Gasteiger charge is 2.04. The molecule has 12 nitrogen and oxygen atoms in total. The molecule has 0 fully saturated rings. The molecule has 0 aliphatic heterocycles. The topological polar surface area (TPSA) is 126 Å². The minimum absolute atomic E-state index is 0.0310. The van der Waals surface area contributed by atoms with E-state index in [1.54, 1.807) is 12.1 Å². The van der Waals surface area contributed by atoms with E-state index in [0.717, 1.165) is 13.0 Å². The summed E-state index contributed by atoms with van der Waals surface area (Å²) in [6, 6.07) is 5.93. The maximum absolute atomic E-state index is 10.6. The van der Waals surface area contributed by atoms with E-state index < -0.39 is 4.92 Å². The molecule has 1 aromatic carbocycles. The lowest BCUT2D eigenvalue weighted by molar-refractivity contribution is -0.384. The lowest BCUT2D eigenvalue weighted by atomic mass is 10.1. The van der Waals surface area contributed by atoms with Crippen LogP contribution in [0.15, 0.2) is 24.3 Å². The zero-order valence-electron chi connectivity index (χ0n) is 28.3. The van der Waals surface area contributed by atoms with Crippen molar-refractivity contribution in [2.75, 3.05) is 112 Å². The van der Waals surface area contributed by atoms with Gasteiger partial charge in [0.25, 0.3) is 5.69 Å². The third kappa shape index (κ3) is 29.5. The normalized spacial score (nSPS) is 11.3. The summed E-state index contributed by atoms with van der Waals surface area (Å²) in [5.74, 6) is 0.562. The Bertz CT molecular complexity index is 770. The number of non-ortho nitro benzene ring substituents is 1. The quantitative estimate of drug-likeness (QED) is 0.0472. The molecule has 0 aliphatic carbocycles. The highest BCUT2D eigenvalue weighted by Crippen LogP contribution is 2.17. The van der Waals surface area contributed by atoms with Gasteiger partial charge in [0.05, 0.1) is 104 Å². The summed E-state index contributed by atoms with van der Waals surface area (Å²) < 4.78 is 49.5. The van der Waals surface area contributed by atoms with Gasteiger partial charge in [0.1, 0.15) is 12.4 Å². The van der Waals surface area contributed by atoms with Crippen LogP contribution in [0, 0.1) is 10.1 Å². The van der Waals surface area contributed by atoms with Crippen LogP contribution in [0.25, 0.3) is 0 Å². The second-order valence-electron chi connectivity index (χ2n) is 10.7. The fourth-order valence-electron chi connectivity index (χ4n) is 4.22. The highest BCUT2D eigenvalue weighted by atomic mass is 16.6. The van der Waals surface area contributed by atoms with E-state index in [4.69, 9.17) is 42.6 Å². The van der Waals surface area contributed by atoms with E-state index in [2.05, 4.69) is 6.92 Å². The second kappa shape index (κ2) is 34.4. The molecular weight excluding hydrogens is 598 g/mol. The van der Waals surface area contributed by atoms with Crippen molar-refractivity contribution < 1.29 is 47.6 Å². The van der Waals surface area contributed by atoms with Crippen molar-refractivity contribution >= 4 is 5.69 Å². The van der Waals surface area contributed by atoms with Crippen molar-refractivity contribution in [3.05, 3.63) is 34.4 Å². The van der Waals surface area contributed by atoms with Crippen molar-refractivity contribution in [1.82, 2.24) is 0 Å². The molecule has 0 amide bonds. The van der Waals surface area contributed by atoms with Crippen LogP contribution in [0.1, 0.15) is 71.1 Å². The average molecular weight is 660 g/mol. The van der Waals surface area contributed by atoms with Crippen molar-refractivity contribution in [2.24, 2.45) is 0 Å². The molecule has 46 heavy (non-hydrogen) atoms. The number of rotatable bonds is 37. The van der Waals surface area contributed by atoms with Gasteiger partial charge >= 0.3 is 0 Å². The summed E-state index contributed by atoms with van der Waals surface area (Å²) in [5.41, 5.74) is 0.0310. The summed E-state index contributed by atoms with van der Waals surface area (Å²) in [5, 5.41) is 10.6. The van der Waals surface area contributed by atoms with E-state index >= 15 is 0 Å². The first-order chi connectivity index (χ1) is 22.7. The minimum atomic E-state index is -0.447. The maximum Gasteiger partial charge on any atom is 0.269 e. The van der Waals surface area contributed by atoms with Crippen molar-refractivity contribution in [1.29, 1.82) is 0 Å². The van der Waals surface area contributed by atoms with Crippen LogP contribution in [0.5, 0.6) is 5.75 Å². The molecule has 0 bridgehead atoms. The Morgan fingerprint density at radius 2 is 0.739 bits per heavy atom. The minimum Gasteiger partial charge on any atom is -0.491 e. The van der Waals surface area contributed by atoms with E-state index in [9.17, 15) is 10.1 Å². The zero-order valence-corrected chi connectivity index (χ0v) is 28.3. The van der Waals surface area contributed by atoms with Gasteiger partial charge in [0.15, 0.2) is 0 Å². The first kappa shape index (κ1) is 42.1. The van der Waals surface area contributed by atoms with Gasteiger partial charge in [-0.2, -0.15) is 0 Å². The van der Waals surface area contributed by atoms with Gasteiger partial charge in [-0.15, -0.1) is 0 Å². The van der Waals surface area contributed by atoms with Crippen LogP contribution >= 0.6 is 0 Å². The third-order valence-electron chi connectivity index (χ3n) is 6.79. The molecule has 1 aromatic rings. The Morgan fingerprint density at radius 1 is 0.435 bits per heavy atom. The van der Waals surface area contributed by atoms with Gasteiger partial charge in [-0.25, -0.2) is 0 Å². The summed E-state index contributed by atoms with van der Waals surface area (Å²) in [6.07, 6.45) is 13.4. The van der Waals surface area contributed by atoms with E-state index in [-0.39, 0.29) is 5.69 Å². The van der Waals surface area contributed by atoms with E-state index in [1.165, 1.54) is 69.9 Å². The lowest BCUT2D eigenvalue weighted by Gasteiger charge is -2.09. The molecule has 1 rings (SSSR count). The number of unbranched alkanes of at least 4 members (excludes halogenated alkanes) is 9. The molecule has 12 heteroatoms. The van der Waals surface area contributed by atoms with Crippen LogP contribution in [-0.4, -0.2) is 117 Å². The first-order valence-electron chi connectivity index (χ1n) is 17.2. The van der Waals surface area contributed by atoms with Gasteiger partial charge in [0, 0.05) is 18.7 Å². The van der Waals surface area contributed by atoms with Gasteiger partial charge in [-0.05, 0) is 18.6 Å². The SMILES string of the molecule is CCCCCCCCCCCCOCCOCCOCCOCCOCCOCCOCCOCCOc1ccc([N+](=O)[O-])cc1. The molecule has 0 heterocycles. The van der Waals surface area contributed by atoms with Crippen molar-refractivity contribution in [2.45, 2.75) is 71.1 Å².